The van der Waals surface area contributed by atoms with Gasteiger partial charge in [0.05, 0.1) is 13.2 Å². The summed E-state index contributed by atoms with van der Waals surface area (Å²) in [7, 11) is 0. The van der Waals surface area contributed by atoms with Crippen molar-refractivity contribution >= 4 is 23.3 Å². The number of amides is 1. The summed E-state index contributed by atoms with van der Waals surface area (Å²) in [5.41, 5.74) is 3.41. The fourth-order valence-corrected chi connectivity index (χ4v) is 3.71. The summed E-state index contributed by atoms with van der Waals surface area (Å²) in [6.45, 7) is 5.44. The number of hydrogen-bond acceptors (Lipinski definition) is 4. The molecule has 1 heterocycles. The Morgan fingerprint density at radius 2 is 1.65 bits per heavy atom. The molecule has 0 aliphatic carbocycles. The molecule has 0 aliphatic rings. The highest BCUT2D eigenvalue weighted by molar-refractivity contribution is 6.30. The first kappa shape index (κ1) is 23.4. The van der Waals surface area contributed by atoms with Crippen molar-refractivity contribution in [2.75, 3.05) is 11.9 Å². The lowest BCUT2D eigenvalue weighted by Crippen LogP contribution is -2.13. The van der Waals surface area contributed by atoms with E-state index in [-0.39, 0.29) is 5.91 Å². The van der Waals surface area contributed by atoms with Gasteiger partial charge < -0.3 is 14.8 Å². The fourth-order valence-electron chi connectivity index (χ4n) is 3.50. The van der Waals surface area contributed by atoms with E-state index in [1.54, 1.807) is 6.07 Å². The van der Waals surface area contributed by atoms with Gasteiger partial charge in [0.1, 0.15) is 18.1 Å². The summed E-state index contributed by atoms with van der Waals surface area (Å²) in [6.07, 6.45) is 0. The number of benzene rings is 3. The molecular formula is C27H26ClN3O3. The van der Waals surface area contributed by atoms with Crippen LogP contribution in [0.15, 0.2) is 78.9 Å². The van der Waals surface area contributed by atoms with Crippen molar-refractivity contribution in [1.29, 1.82) is 0 Å². The number of hydrogen-bond donors (Lipinski definition) is 1. The predicted molar refractivity (Wildman–Crippen MR) is 134 cm³/mol. The molecule has 0 fully saturated rings. The van der Waals surface area contributed by atoms with Crippen LogP contribution in [-0.4, -0.2) is 22.3 Å². The Morgan fingerprint density at radius 3 is 2.38 bits per heavy atom. The molecule has 4 rings (SSSR count). The molecule has 0 saturated heterocycles. The summed E-state index contributed by atoms with van der Waals surface area (Å²) < 4.78 is 13.1. The highest BCUT2D eigenvalue weighted by atomic mass is 35.5. The molecule has 0 aliphatic heterocycles. The van der Waals surface area contributed by atoms with Crippen LogP contribution in [0.3, 0.4) is 0 Å². The normalized spacial score (nSPS) is 10.7. The van der Waals surface area contributed by atoms with Gasteiger partial charge in [-0.05, 0) is 73.5 Å². The van der Waals surface area contributed by atoms with Gasteiger partial charge in [0, 0.05) is 22.3 Å². The summed E-state index contributed by atoms with van der Waals surface area (Å²) in [5, 5.41) is 8.09. The summed E-state index contributed by atoms with van der Waals surface area (Å²) in [5.74, 6) is 1.81. The summed E-state index contributed by atoms with van der Waals surface area (Å²) in [6, 6.07) is 24.3. The third kappa shape index (κ3) is 6.17. The second-order valence-electron chi connectivity index (χ2n) is 7.81. The third-order valence-corrected chi connectivity index (χ3v) is 5.41. The number of carbonyl (C=O) groups is 1. The number of halogens is 1. The van der Waals surface area contributed by atoms with Crippen molar-refractivity contribution in [2.24, 2.45) is 0 Å². The van der Waals surface area contributed by atoms with Crippen LogP contribution in [0, 0.1) is 6.92 Å². The van der Waals surface area contributed by atoms with E-state index in [9.17, 15) is 4.79 Å². The lowest BCUT2D eigenvalue weighted by Gasteiger charge is -2.09. The molecule has 0 bridgehead atoms. The molecule has 6 nitrogen and oxygen atoms in total. The zero-order valence-electron chi connectivity index (χ0n) is 19.1. The molecule has 3 aromatic carbocycles. The number of nitrogens with zero attached hydrogens (tertiary/aromatic N) is 2. The first-order valence-electron chi connectivity index (χ1n) is 11.0. The molecular weight excluding hydrogens is 450 g/mol. The maximum absolute atomic E-state index is 12.8. The van der Waals surface area contributed by atoms with E-state index in [0.29, 0.717) is 36.2 Å². The highest BCUT2D eigenvalue weighted by Crippen LogP contribution is 2.20. The van der Waals surface area contributed by atoms with Crippen molar-refractivity contribution < 1.29 is 14.3 Å². The average molecular weight is 476 g/mol. The van der Waals surface area contributed by atoms with Crippen LogP contribution in [0.4, 0.5) is 5.82 Å². The Morgan fingerprint density at radius 1 is 0.941 bits per heavy atom. The van der Waals surface area contributed by atoms with Crippen LogP contribution in [0.2, 0.25) is 5.02 Å². The van der Waals surface area contributed by atoms with Crippen molar-refractivity contribution in [1.82, 2.24) is 9.78 Å². The van der Waals surface area contributed by atoms with Gasteiger partial charge in [-0.1, -0.05) is 35.9 Å². The average Bonchev–Trinajstić information content (AvgIpc) is 3.17. The Balaban J connectivity index is 1.37. The molecule has 7 heteroatoms. The van der Waals surface area contributed by atoms with Crippen molar-refractivity contribution in [2.45, 2.75) is 27.0 Å². The minimum atomic E-state index is -0.227. The van der Waals surface area contributed by atoms with Gasteiger partial charge >= 0.3 is 0 Å². The SMILES string of the molecule is CCOc1ccc(OCc2cccc(C(=O)Nc3cc(C)n(Cc4cccc(Cl)c4)n3)c2)cc1. The standard InChI is InChI=1S/C27H26ClN3O3/c1-3-33-24-10-12-25(13-11-24)34-18-21-7-4-8-22(15-21)27(32)29-26-14-19(2)31(30-26)17-20-6-5-9-23(28)16-20/h4-16H,3,17-18H2,1-2H3,(H,29,30,32). The van der Waals surface area contributed by atoms with Crippen molar-refractivity contribution in [3.05, 3.63) is 106 Å². The van der Waals surface area contributed by atoms with Crippen LogP contribution in [0.1, 0.15) is 34.1 Å². The van der Waals surface area contributed by atoms with Gasteiger partial charge in [0.2, 0.25) is 0 Å². The maximum Gasteiger partial charge on any atom is 0.256 e. The number of aromatic nitrogens is 2. The minimum absolute atomic E-state index is 0.227. The summed E-state index contributed by atoms with van der Waals surface area (Å²) in [4.78, 5) is 12.8. The number of aryl methyl sites for hydroxylation is 1. The third-order valence-electron chi connectivity index (χ3n) is 5.17. The molecule has 174 valence electrons. The van der Waals surface area contributed by atoms with E-state index in [2.05, 4.69) is 10.4 Å². The molecule has 1 N–H and O–H groups in total. The minimum Gasteiger partial charge on any atom is -0.494 e. The zero-order valence-corrected chi connectivity index (χ0v) is 19.9. The smallest absolute Gasteiger partial charge is 0.256 e. The van der Waals surface area contributed by atoms with Crippen LogP contribution in [0.25, 0.3) is 0 Å². The van der Waals surface area contributed by atoms with E-state index in [1.807, 2.05) is 91.3 Å². The van der Waals surface area contributed by atoms with E-state index < -0.39 is 0 Å². The van der Waals surface area contributed by atoms with Crippen molar-refractivity contribution in [3.63, 3.8) is 0 Å². The number of rotatable bonds is 9. The van der Waals surface area contributed by atoms with E-state index >= 15 is 0 Å². The van der Waals surface area contributed by atoms with Gasteiger partial charge in [0.15, 0.2) is 5.82 Å². The quantitative estimate of drug-likeness (QED) is 0.316. The molecule has 0 spiro atoms. The van der Waals surface area contributed by atoms with Crippen LogP contribution in [0.5, 0.6) is 11.5 Å². The second-order valence-corrected chi connectivity index (χ2v) is 8.24. The Bertz CT molecular complexity index is 1270. The number of anilines is 1. The molecule has 1 amide bonds. The molecule has 1 aromatic heterocycles. The Kier molecular flexibility index (Phi) is 7.50. The van der Waals surface area contributed by atoms with Gasteiger partial charge in [-0.3, -0.25) is 9.48 Å². The molecule has 4 aromatic rings. The maximum atomic E-state index is 12.8. The second kappa shape index (κ2) is 10.9. The van der Waals surface area contributed by atoms with Gasteiger partial charge in [-0.25, -0.2) is 0 Å². The monoisotopic (exact) mass is 475 g/mol. The Labute approximate surface area is 204 Å². The number of ether oxygens (including phenoxy) is 2. The largest absolute Gasteiger partial charge is 0.494 e. The van der Waals surface area contributed by atoms with Crippen LogP contribution in [-0.2, 0) is 13.2 Å². The fraction of sp³-hybridized carbons (Fsp3) is 0.185. The van der Waals surface area contributed by atoms with Crippen LogP contribution < -0.4 is 14.8 Å². The lowest BCUT2D eigenvalue weighted by molar-refractivity contribution is 0.102. The number of carbonyl (C=O) groups excluding carboxylic acids is 1. The van der Waals surface area contributed by atoms with Gasteiger partial charge in [0.25, 0.3) is 5.91 Å². The number of nitrogens with one attached hydrogen (secondary N) is 1. The highest BCUT2D eigenvalue weighted by Gasteiger charge is 2.11. The first-order chi connectivity index (χ1) is 16.5. The van der Waals surface area contributed by atoms with E-state index in [1.165, 1.54) is 0 Å². The molecule has 34 heavy (non-hydrogen) atoms. The topological polar surface area (TPSA) is 65.4 Å². The lowest BCUT2D eigenvalue weighted by atomic mass is 10.1. The Hall–Kier alpha value is -3.77. The van der Waals surface area contributed by atoms with E-state index in [4.69, 9.17) is 21.1 Å². The first-order valence-corrected chi connectivity index (χ1v) is 11.4. The molecule has 0 saturated carbocycles. The van der Waals surface area contributed by atoms with Crippen LogP contribution >= 0.6 is 11.6 Å². The van der Waals surface area contributed by atoms with Crippen molar-refractivity contribution in [3.8, 4) is 11.5 Å². The predicted octanol–water partition coefficient (Wildman–Crippen LogP) is 6.12. The molecule has 0 radical (unpaired) electrons. The summed E-state index contributed by atoms with van der Waals surface area (Å²) >= 11 is 6.08. The molecule has 0 atom stereocenters. The van der Waals surface area contributed by atoms with E-state index in [0.717, 1.165) is 28.3 Å². The van der Waals surface area contributed by atoms with Gasteiger partial charge in [-0.2, -0.15) is 5.10 Å². The molecule has 0 unspecified atom stereocenters. The van der Waals surface area contributed by atoms with Gasteiger partial charge in [-0.15, -0.1) is 0 Å². The zero-order chi connectivity index (χ0) is 23.9.